The summed E-state index contributed by atoms with van der Waals surface area (Å²) in [6.45, 7) is 1.28. The number of rotatable bonds is 5. The molecular weight excluding hydrogens is 271 g/mol. The molecule has 21 heavy (non-hydrogen) atoms. The largest absolute Gasteiger partial charge is 0.380 e. The number of nitrogens with zero attached hydrogens (tertiary/aromatic N) is 1. The summed E-state index contributed by atoms with van der Waals surface area (Å²) in [6, 6.07) is 6.57. The van der Waals surface area contributed by atoms with Crippen LogP contribution in [0.3, 0.4) is 0 Å². The van der Waals surface area contributed by atoms with Crippen molar-refractivity contribution < 1.29 is 13.9 Å². The van der Waals surface area contributed by atoms with Gasteiger partial charge in [-0.3, -0.25) is 4.79 Å². The lowest BCUT2D eigenvalue weighted by Gasteiger charge is -2.26. The second-order valence-electron chi connectivity index (χ2n) is 5.88. The van der Waals surface area contributed by atoms with Crippen LogP contribution in [0.4, 0.5) is 4.39 Å². The van der Waals surface area contributed by atoms with Gasteiger partial charge in [0.05, 0.1) is 12.1 Å². The van der Waals surface area contributed by atoms with Crippen molar-refractivity contribution in [3.05, 3.63) is 35.6 Å². The molecule has 0 spiro atoms. The van der Waals surface area contributed by atoms with Crippen LogP contribution >= 0.6 is 0 Å². The van der Waals surface area contributed by atoms with E-state index in [1.54, 1.807) is 19.2 Å². The number of amides is 1. The Morgan fingerprint density at radius 3 is 2.67 bits per heavy atom. The van der Waals surface area contributed by atoms with Crippen LogP contribution in [0.15, 0.2) is 24.3 Å². The Balaban J connectivity index is 1.67. The van der Waals surface area contributed by atoms with Crippen molar-refractivity contribution in [2.45, 2.75) is 44.0 Å². The van der Waals surface area contributed by atoms with Crippen molar-refractivity contribution in [3.63, 3.8) is 0 Å². The minimum atomic E-state index is -0.247. The molecule has 1 amide bonds. The van der Waals surface area contributed by atoms with E-state index in [0.717, 1.165) is 31.4 Å². The number of methoxy groups -OCH3 is 1. The van der Waals surface area contributed by atoms with Crippen molar-refractivity contribution in [1.82, 2.24) is 10.2 Å². The number of carbonyl (C=O) groups is 1. The predicted molar refractivity (Wildman–Crippen MR) is 77.2 cm³/mol. The standard InChI is InChI=1S/C16H21FN2O2/c1-21-14-8-15(18-9-14)16(20)19(13-6-7-13)10-11-2-4-12(17)5-3-11/h2-5,13-15,18H,6-10H2,1H3. The third-order valence-corrected chi connectivity index (χ3v) is 4.26. The van der Waals surface area contributed by atoms with Gasteiger partial charge in [0.25, 0.3) is 0 Å². The number of halogens is 1. The number of hydrogen-bond acceptors (Lipinski definition) is 3. The Bertz CT molecular complexity index is 502. The molecule has 2 unspecified atom stereocenters. The molecule has 1 aromatic rings. The zero-order chi connectivity index (χ0) is 14.8. The zero-order valence-corrected chi connectivity index (χ0v) is 12.2. The Kier molecular flexibility index (Phi) is 4.22. The van der Waals surface area contributed by atoms with Gasteiger partial charge >= 0.3 is 0 Å². The zero-order valence-electron chi connectivity index (χ0n) is 12.2. The normalized spacial score (nSPS) is 25.0. The maximum absolute atomic E-state index is 13.0. The minimum Gasteiger partial charge on any atom is -0.380 e. The van der Waals surface area contributed by atoms with Gasteiger partial charge < -0.3 is 15.0 Å². The van der Waals surface area contributed by atoms with Crippen LogP contribution in [-0.2, 0) is 16.1 Å². The average molecular weight is 292 g/mol. The Hall–Kier alpha value is -1.46. The first-order valence-corrected chi connectivity index (χ1v) is 7.48. The maximum Gasteiger partial charge on any atom is 0.240 e. The fourth-order valence-electron chi connectivity index (χ4n) is 2.83. The molecule has 2 atom stereocenters. The van der Waals surface area contributed by atoms with E-state index in [1.807, 2.05) is 4.90 Å². The molecule has 0 bridgehead atoms. The highest BCUT2D eigenvalue weighted by Gasteiger charge is 2.38. The monoisotopic (exact) mass is 292 g/mol. The molecule has 1 aromatic carbocycles. The quantitative estimate of drug-likeness (QED) is 0.898. The number of carbonyl (C=O) groups excluding carboxylic acids is 1. The third-order valence-electron chi connectivity index (χ3n) is 4.26. The first-order chi connectivity index (χ1) is 10.2. The third kappa shape index (κ3) is 3.41. The topological polar surface area (TPSA) is 41.6 Å². The smallest absolute Gasteiger partial charge is 0.240 e. The summed E-state index contributed by atoms with van der Waals surface area (Å²) < 4.78 is 18.3. The Labute approximate surface area is 124 Å². The van der Waals surface area contributed by atoms with E-state index >= 15 is 0 Å². The maximum atomic E-state index is 13.0. The fourth-order valence-corrected chi connectivity index (χ4v) is 2.83. The number of ether oxygens (including phenoxy) is 1. The molecule has 1 heterocycles. The molecule has 2 fully saturated rings. The molecule has 114 valence electrons. The van der Waals surface area contributed by atoms with Gasteiger partial charge in [-0.05, 0) is 37.0 Å². The van der Waals surface area contributed by atoms with Gasteiger partial charge in [-0.15, -0.1) is 0 Å². The highest BCUT2D eigenvalue weighted by molar-refractivity contribution is 5.83. The Morgan fingerprint density at radius 1 is 1.38 bits per heavy atom. The summed E-state index contributed by atoms with van der Waals surface area (Å²) >= 11 is 0. The van der Waals surface area contributed by atoms with Crippen LogP contribution in [0.1, 0.15) is 24.8 Å². The molecule has 1 saturated heterocycles. The van der Waals surface area contributed by atoms with Crippen LogP contribution in [0.2, 0.25) is 0 Å². The molecular formula is C16H21FN2O2. The molecule has 1 aliphatic heterocycles. The van der Waals surface area contributed by atoms with Crippen molar-refractivity contribution in [3.8, 4) is 0 Å². The molecule has 2 aliphatic rings. The summed E-state index contributed by atoms with van der Waals surface area (Å²) in [5, 5.41) is 3.24. The van der Waals surface area contributed by atoms with E-state index in [1.165, 1.54) is 12.1 Å². The summed E-state index contributed by atoms with van der Waals surface area (Å²) in [7, 11) is 1.68. The lowest BCUT2D eigenvalue weighted by atomic mass is 10.1. The summed E-state index contributed by atoms with van der Waals surface area (Å²) in [5.41, 5.74) is 0.970. The lowest BCUT2D eigenvalue weighted by Crippen LogP contribution is -2.44. The highest BCUT2D eigenvalue weighted by atomic mass is 19.1. The molecule has 1 N–H and O–H groups in total. The van der Waals surface area contributed by atoms with Gasteiger partial charge in [0, 0.05) is 26.2 Å². The molecule has 1 aliphatic carbocycles. The summed E-state index contributed by atoms with van der Waals surface area (Å²) in [5.74, 6) is -0.107. The van der Waals surface area contributed by atoms with Crippen molar-refractivity contribution >= 4 is 5.91 Å². The Morgan fingerprint density at radius 2 is 2.10 bits per heavy atom. The lowest BCUT2D eigenvalue weighted by molar-refractivity contribution is -0.134. The van der Waals surface area contributed by atoms with Gasteiger partial charge in [0.15, 0.2) is 0 Å². The number of hydrogen-bond donors (Lipinski definition) is 1. The molecule has 3 rings (SSSR count). The van der Waals surface area contributed by atoms with E-state index in [2.05, 4.69) is 5.32 Å². The van der Waals surface area contributed by atoms with Gasteiger partial charge in [-0.25, -0.2) is 4.39 Å². The SMILES string of the molecule is COC1CNC(C(=O)N(Cc2ccc(F)cc2)C2CC2)C1. The number of nitrogens with one attached hydrogen (secondary N) is 1. The molecule has 0 aromatic heterocycles. The van der Waals surface area contributed by atoms with Gasteiger partial charge in [-0.1, -0.05) is 12.1 Å². The molecule has 0 radical (unpaired) electrons. The van der Waals surface area contributed by atoms with Crippen molar-refractivity contribution in [2.75, 3.05) is 13.7 Å². The second kappa shape index (κ2) is 6.12. The van der Waals surface area contributed by atoms with Crippen LogP contribution in [-0.4, -0.2) is 42.6 Å². The fraction of sp³-hybridized carbons (Fsp3) is 0.562. The van der Waals surface area contributed by atoms with E-state index in [-0.39, 0.29) is 23.9 Å². The van der Waals surface area contributed by atoms with Crippen LogP contribution in [0.25, 0.3) is 0 Å². The van der Waals surface area contributed by atoms with Crippen molar-refractivity contribution in [1.29, 1.82) is 0 Å². The van der Waals surface area contributed by atoms with Crippen molar-refractivity contribution in [2.24, 2.45) is 0 Å². The highest BCUT2D eigenvalue weighted by Crippen LogP contribution is 2.30. The van der Waals surface area contributed by atoms with Gasteiger partial charge in [-0.2, -0.15) is 0 Å². The van der Waals surface area contributed by atoms with E-state index in [0.29, 0.717) is 12.6 Å². The molecule has 4 nitrogen and oxygen atoms in total. The molecule has 5 heteroatoms. The van der Waals surface area contributed by atoms with E-state index in [9.17, 15) is 9.18 Å². The molecule has 1 saturated carbocycles. The second-order valence-corrected chi connectivity index (χ2v) is 5.88. The number of benzene rings is 1. The van der Waals surface area contributed by atoms with Crippen LogP contribution in [0, 0.1) is 5.82 Å². The first-order valence-electron chi connectivity index (χ1n) is 7.48. The predicted octanol–water partition coefficient (Wildman–Crippen LogP) is 1.69. The average Bonchev–Trinajstić information content (AvgIpc) is 3.22. The van der Waals surface area contributed by atoms with E-state index < -0.39 is 0 Å². The summed E-state index contributed by atoms with van der Waals surface area (Å²) in [4.78, 5) is 14.6. The minimum absolute atomic E-state index is 0.117. The first kappa shape index (κ1) is 14.5. The van der Waals surface area contributed by atoms with Gasteiger partial charge in [0.1, 0.15) is 5.82 Å². The van der Waals surface area contributed by atoms with E-state index in [4.69, 9.17) is 4.74 Å². The summed E-state index contributed by atoms with van der Waals surface area (Å²) in [6.07, 6.45) is 2.97. The van der Waals surface area contributed by atoms with Crippen LogP contribution in [0.5, 0.6) is 0 Å². The van der Waals surface area contributed by atoms with Crippen LogP contribution < -0.4 is 5.32 Å². The van der Waals surface area contributed by atoms with Gasteiger partial charge in [0.2, 0.25) is 5.91 Å².